The lowest BCUT2D eigenvalue weighted by Crippen LogP contribution is -2.19. The molecule has 0 bridgehead atoms. The van der Waals surface area contributed by atoms with Crippen molar-refractivity contribution in [3.8, 4) is 0 Å². The SMILES string of the molecule is O=C(OCCOCC(O)c1ccccc1)C(O)c1ccccc1. The topological polar surface area (TPSA) is 76.0 Å². The molecule has 2 aromatic carbocycles. The highest BCUT2D eigenvalue weighted by molar-refractivity contribution is 5.76. The summed E-state index contributed by atoms with van der Waals surface area (Å²) in [5.74, 6) is -0.719. The highest BCUT2D eigenvalue weighted by Gasteiger charge is 2.18. The molecular weight excluding hydrogens is 296 g/mol. The van der Waals surface area contributed by atoms with E-state index in [0.717, 1.165) is 5.56 Å². The van der Waals surface area contributed by atoms with Gasteiger partial charge < -0.3 is 19.7 Å². The maximum absolute atomic E-state index is 11.7. The van der Waals surface area contributed by atoms with Crippen LogP contribution in [0.15, 0.2) is 60.7 Å². The number of esters is 1. The van der Waals surface area contributed by atoms with Gasteiger partial charge >= 0.3 is 5.97 Å². The van der Waals surface area contributed by atoms with E-state index in [1.54, 1.807) is 30.3 Å². The van der Waals surface area contributed by atoms with Gasteiger partial charge in [-0.05, 0) is 11.1 Å². The number of aliphatic hydroxyl groups is 2. The van der Waals surface area contributed by atoms with Crippen molar-refractivity contribution < 1.29 is 24.5 Å². The molecule has 0 heterocycles. The molecule has 0 aliphatic heterocycles. The first-order chi connectivity index (χ1) is 11.2. The van der Waals surface area contributed by atoms with Crippen LogP contribution in [0.4, 0.5) is 0 Å². The molecule has 5 heteroatoms. The van der Waals surface area contributed by atoms with E-state index in [0.29, 0.717) is 5.56 Å². The number of benzene rings is 2. The van der Waals surface area contributed by atoms with Gasteiger partial charge in [0.2, 0.25) is 0 Å². The highest BCUT2D eigenvalue weighted by atomic mass is 16.6. The van der Waals surface area contributed by atoms with Gasteiger partial charge in [0.25, 0.3) is 0 Å². The predicted molar refractivity (Wildman–Crippen MR) is 84.6 cm³/mol. The number of carbonyl (C=O) groups is 1. The molecule has 122 valence electrons. The summed E-state index contributed by atoms with van der Waals surface area (Å²) in [4.78, 5) is 11.7. The zero-order valence-electron chi connectivity index (χ0n) is 12.7. The van der Waals surface area contributed by atoms with Crippen LogP contribution < -0.4 is 0 Å². The lowest BCUT2D eigenvalue weighted by molar-refractivity contribution is -0.155. The predicted octanol–water partition coefficient (Wildman–Crippen LogP) is 2.01. The van der Waals surface area contributed by atoms with E-state index in [4.69, 9.17) is 9.47 Å². The van der Waals surface area contributed by atoms with Crippen molar-refractivity contribution in [2.24, 2.45) is 0 Å². The summed E-state index contributed by atoms with van der Waals surface area (Å²) >= 11 is 0. The van der Waals surface area contributed by atoms with E-state index in [1.165, 1.54) is 0 Å². The summed E-state index contributed by atoms with van der Waals surface area (Å²) in [5.41, 5.74) is 1.25. The molecule has 0 saturated carbocycles. The lowest BCUT2D eigenvalue weighted by atomic mass is 10.1. The number of carbonyl (C=O) groups excluding carboxylic acids is 1. The molecule has 0 aliphatic carbocycles. The van der Waals surface area contributed by atoms with Gasteiger partial charge in [-0.2, -0.15) is 0 Å². The van der Waals surface area contributed by atoms with E-state index >= 15 is 0 Å². The fourth-order valence-electron chi connectivity index (χ4n) is 2.02. The van der Waals surface area contributed by atoms with Crippen LogP contribution in [0.25, 0.3) is 0 Å². The zero-order valence-corrected chi connectivity index (χ0v) is 12.7. The minimum absolute atomic E-state index is 0.0181. The average Bonchev–Trinajstić information content (AvgIpc) is 2.62. The molecule has 2 N–H and O–H groups in total. The van der Waals surface area contributed by atoms with Crippen LogP contribution in [0.5, 0.6) is 0 Å². The Morgan fingerprint density at radius 2 is 1.43 bits per heavy atom. The fourth-order valence-corrected chi connectivity index (χ4v) is 2.02. The van der Waals surface area contributed by atoms with Crippen LogP contribution in [0.1, 0.15) is 23.3 Å². The highest BCUT2D eigenvalue weighted by Crippen LogP contribution is 2.14. The monoisotopic (exact) mass is 316 g/mol. The quantitative estimate of drug-likeness (QED) is 0.575. The van der Waals surface area contributed by atoms with E-state index in [9.17, 15) is 15.0 Å². The largest absolute Gasteiger partial charge is 0.461 e. The Labute approximate surface area is 135 Å². The molecule has 0 aliphatic rings. The molecule has 0 spiro atoms. The van der Waals surface area contributed by atoms with Crippen LogP contribution in [-0.2, 0) is 14.3 Å². The van der Waals surface area contributed by atoms with Gasteiger partial charge in [0.15, 0.2) is 6.10 Å². The molecule has 2 atom stereocenters. The number of ether oxygens (including phenoxy) is 2. The van der Waals surface area contributed by atoms with Crippen LogP contribution in [0.3, 0.4) is 0 Å². The van der Waals surface area contributed by atoms with Gasteiger partial charge in [-0.15, -0.1) is 0 Å². The lowest BCUT2D eigenvalue weighted by Gasteiger charge is -2.13. The van der Waals surface area contributed by atoms with Crippen molar-refractivity contribution >= 4 is 5.97 Å². The van der Waals surface area contributed by atoms with Gasteiger partial charge in [0.1, 0.15) is 12.7 Å². The molecule has 0 amide bonds. The standard InChI is InChI=1S/C18H20O5/c19-16(14-7-3-1-4-8-14)13-22-11-12-23-18(21)17(20)15-9-5-2-6-10-15/h1-10,16-17,19-20H,11-13H2. The Hall–Kier alpha value is -2.21. The Morgan fingerprint density at radius 1 is 0.870 bits per heavy atom. The van der Waals surface area contributed by atoms with E-state index in [1.807, 2.05) is 30.3 Å². The van der Waals surface area contributed by atoms with Gasteiger partial charge in [0, 0.05) is 0 Å². The Bertz CT molecular complexity index is 585. The maximum Gasteiger partial charge on any atom is 0.339 e. The summed E-state index contributed by atoms with van der Waals surface area (Å²) in [6, 6.07) is 17.7. The number of rotatable bonds is 8. The molecule has 2 unspecified atom stereocenters. The molecule has 2 aromatic rings. The molecule has 5 nitrogen and oxygen atoms in total. The molecule has 0 aromatic heterocycles. The number of aliphatic hydroxyl groups excluding tert-OH is 2. The van der Waals surface area contributed by atoms with E-state index in [-0.39, 0.29) is 19.8 Å². The third kappa shape index (κ3) is 5.49. The summed E-state index contributed by atoms with van der Waals surface area (Å²) in [6.07, 6.45) is -2.02. The van der Waals surface area contributed by atoms with Crippen LogP contribution in [0.2, 0.25) is 0 Å². The van der Waals surface area contributed by atoms with Gasteiger partial charge in [-0.3, -0.25) is 0 Å². The normalized spacial score (nSPS) is 13.3. The second kappa shape index (κ2) is 9.05. The van der Waals surface area contributed by atoms with Gasteiger partial charge in [-0.1, -0.05) is 60.7 Å². The summed E-state index contributed by atoms with van der Waals surface area (Å²) in [7, 11) is 0. The summed E-state index contributed by atoms with van der Waals surface area (Å²) in [6.45, 7) is 0.282. The fraction of sp³-hybridized carbons (Fsp3) is 0.278. The van der Waals surface area contributed by atoms with Crippen molar-refractivity contribution in [2.75, 3.05) is 19.8 Å². The van der Waals surface area contributed by atoms with Crippen molar-refractivity contribution in [3.05, 3.63) is 71.8 Å². The van der Waals surface area contributed by atoms with Crippen molar-refractivity contribution in [2.45, 2.75) is 12.2 Å². The first-order valence-electron chi connectivity index (χ1n) is 7.39. The smallest absolute Gasteiger partial charge is 0.339 e. The van der Waals surface area contributed by atoms with Crippen molar-refractivity contribution in [1.82, 2.24) is 0 Å². The number of hydrogen-bond acceptors (Lipinski definition) is 5. The minimum Gasteiger partial charge on any atom is -0.461 e. The molecule has 0 saturated heterocycles. The third-order valence-corrected chi connectivity index (χ3v) is 3.27. The summed E-state index contributed by atoms with van der Waals surface area (Å²) < 4.78 is 10.2. The average molecular weight is 316 g/mol. The molecule has 0 radical (unpaired) electrons. The Morgan fingerprint density at radius 3 is 2.04 bits per heavy atom. The second-order valence-corrected chi connectivity index (χ2v) is 4.98. The first-order valence-corrected chi connectivity index (χ1v) is 7.39. The summed E-state index contributed by atoms with van der Waals surface area (Å²) in [5, 5.41) is 19.7. The van der Waals surface area contributed by atoms with E-state index in [2.05, 4.69) is 0 Å². The second-order valence-electron chi connectivity index (χ2n) is 4.98. The van der Waals surface area contributed by atoms with Crippen LogP contribution >= 0.6 is 0 Å². The van der Waals surface area contributed by atoms with Gasteiger partial charge in [-0.25, -0.2) is 4.79 Å². The number of hydrogen-bond donors (Lipinski definition) is 2. The van der Waals surface area contributed by atoms with Crippen molar-refractivity contribution in [1.29, 1.82) is 0 Å². The molecule has 2 rings (SSSR count). The van der Waals surface area contributed by atoms with Crippen LogP contribution in [-0.4, -0.2) is 36.0 Å². The first kappa shape index (κ1) is 17.1. The van der Waals surface area contributed by atoms with Crippen LogP contribution in [0, 0.1) is 0 Å². The van der Waals surface area contributed by atoms with Crippen molar-refractivity contribution in [3.63, 3.8) is 0 Å². The zero-order chi connectivity index (χ0) is 16.5. The third-order valence-electron chi connectivity index (χ3n) is 3.27. The molecule has 0 fully saturated rings. The molecule has 23 heavy (non-hydrogen) atoms. The minimum atomic E-state index is -1.30. The van der Waals surface area contributed by atoms with Gasteiger partial charge in [0.05, 0.1) is 13.2 Å². The van der Waals surface area contributed by atoms with E-state index < -0.39 is 18.2 Å². The maximum atomic E-state index is 11.7. The molecular formula is C18H20O5. The Kier molecular flexibility index (Phi) is 6.75. The Balaban J connectivity index is 1.64.